The number of aromatic nitrogens is 1. The topological polar surface area (TPSA) is 96.7 Å². The van der Waals surface area contributed by atoms with Crippen LogP contribution < -0.4 is 0 Å². The number of thioether (sulfide) groups is 1. The van der Waals surface area contributed by atoms with Gasteiger partial charge in [0.1, 0.15) is 10.8 Å². The smallest absolute Gasteiger partial charge is 0.331 e. The van der Waals surface area contributed by atoms with Gasteiger partial charge in [-0.15, -0.1) is 11.8 Å². The predicted molar refractivity (Wildman–Crippen MR) is 115 cm³/mol. The van der Waals surface area contributed by atoms with Gasteiger partial charge in [0.2, 0.25) is 7.37 Å². The highest BCUT2D eigenvalue weighted by Crippen LogP contribution is 2.50. The van der Waals surface area contributed by atoms with Crippen LogP contribution in [0.1, 0.15) is 46.5 Å². The second-order valence-electron chi connectivity index (χ2n) is 7.03. The van der Waals surface area contributed by atoms with Gasteiger partial charge >= 0.3 is 5.97 Å². The first kappa shape index (κ1) is 24.7. The monoisotopic (exact) mass is 429 g/mol. The van der Waals surface area contributed by atoms with Crippen LogP contribution in [0.15, 0.2) is 35.0 Å². The summed E-state index contributed by atoms with van der Waals surface area (Å²) in [6.45, 7) is 6.01. The van der Waals surface area contributed by atoms with Crippen LogP contribution in [0.4, 0.5) is 0 Å². The summed E-state index contributed by atoms with van der Waals surface area (Å²) >= 11 is 1.51. The molecule has 0 aliphatic carbocycles. The molecule has 28 heavy (non-hydrogen) atoms. The van der Waals surface area contributed by atoms with Crippen LogP contribution in [0, 0.1) is 5.92 Å². The van der Waals surface area contributed by atoms with E-state index >= 15 is 0 Å². The maximum absolute atomic E-state index is 12.9. The fourth-order valence-electron chi connectivity index (χ4n) is 2.80. The molecule has 1 rings (SSSR count). The molecule has 0 spiro atoms. The van der Waals surface area contributed by atoms with Gasteiger partial charge in [0.15, 0.2) is 0 Å². The van der Waals surface area contributed by atoms with Crippen LogP contribution in [0.3, 0.4) is 0 Å². The third-order valence-corrected chi connectivity index (χ3v) is 7.84. The predicted octanol–water partition coefficient (Wildman–Crippen LogP) is 5.42. The lowest BCUT2D eigenvalue weighted by Crippen LogP contribution is -2.12. The molecule has 1 aromatic rings. The van der Waals surface area contributed by atoms with Crippen LogP contribution >= 0.6 is 19.1 Å². The minimum Gasteiger partial charge on any atom is -0.505 e. The van der Waals surface area contributed by atoms with Gasteiger partial charge in [0.05, 0.1) is 12.8 Å². The molecule has 1 heterocycles. The standard InChI is InChI=1S/C20H32NO5PS/c1-4-26-27(25,14-16(2)3)15-17(20(23)24)10-7-5-6-8-13-28-19-18(22)11-9-12-21-19/h9-12,16,22H,4-8,13-15H2,1-3H3,(H,23,24)/b17-10+. The van der Waals surface area contributed by atoms with Gasteiger partial charge in [-0.25, -0.2) is 9.78 Å². The van der Waals surface area contributed by atoms with E-state index in [0.717, 1.165) is 25.0 Å². The average molecular weight is 430 g/mol. The van der Waals surface area contributed by atoms with Gasteiger partial charge in [0.25, 0.3) is 0 Å². The zero-order valence-electron chi connectivity index (χ0n) is 17.0. The number of carbonyl (C=O) groups is 1. The molecule has 0 saturated carbocycles. The minimum absolute atomic E-state index is 0.0108. The number of carboxylic acids is 1. The fraction of sp³-hybridized carbons (Fsp3) is 0.600. The Bertz CT molecular complexity index is 693. The Morgan fingerprint density at radius 1 is 1.36 bits per heavy atom. The molecule has 1 atom stereocenters. The molecule has 1 unspecified atom stereocenters. The number of rotatable bonds is 14. The van der Waals surface area contributed by atoms with E-state index < -0.39 is 13.3 Å². The molecule has 0 aliphatic heterocycles. The van der Waals surface area contributed by atoms with Crippen LogP contribution in [0.2, 0.25) is 0 Å². The van der Waals surface area contributed by atoms with Crippen molar-refractivity contribution in [2.24, 2.45) is 5.92 Å². The summed E-state index contributed by atoms with van der Waals surface area (Å²) in [5, 5.41) is 19.8. The van der Waals surface area contributed by atoms with E-state index in [0.29, 0.717) is 24.2 Å². The summed E-state index contributed by atoms with van der Waals surface area (Å²) in [6, 6.07) is 3.31. The van der Waals surface area contributed by atoms with Crippen molar-refractivity contribution in [2.45, 2.75) is 51.5 Å². The number of pyridine rings is 1. The van der Waals surface area contributed by atoms with Gasteiger partial charge < -0.3 is 14.7 Å². The van der Waals surface area contributed by atoms with Crippen molar-refractivity contribution >= 4 is 25.1 Å². The van der Waals surface area contributed by atoms with E-state index in [1.54, 1.807) is 31.3 Å². The zero-order valence-corrected chi connectivity index (χ0v) is 18.7. The molecule has 0 aliphatic rings. The Hall–Kier alpha value is -1.30. The highest BCUT2D eigenvalue weighted by molar-refractivity contribution is 7.99. The fourth-order valence-corrected chi connectivity index (χ4v) is 6.38. The largest absolute Gasteiger partial charge is 0.505 e. The van der Waals surface area contributed by atoms with E-state index in [1.807, 2.05) is 13.8 Å². The van der Waals surface area contributed by atoms with Crippen LogP contribution in [0.25, 0.3) is 0 Å². The van der Waals surface area contributed by atoms with Crippen LogP contribution in [-0.4, -0.2) is 45.8 Å². The molecule has 0 saturated heterocycles. The molecule has 6 nitrogen and oxygen atoms in total. The number of allylic oxidation sites excluding steroid dienone is 1. The summed E-state index contributed by atoms with van der Waals surface area (Å²) in [5.74, 6) is 0.198. The van der Waals surface area contributed by atoms with Gasteiger partial charge in [-0.1, -0.05) is 26.3 Å². The summed E-state index contributed by atoms with van der Waals surface area (Å²) in [4.78, 5) is 15.7. The lowest BCUT2D eigenvalue weighted by molar-refractivity contribution is -0.132. The van der Waals surface area contributed by atoms with Gasteiger partial charge in [-0.05, 0) is 50.0 Å². The first-order chi connectivity index (χ1) is 13.3. The number of hydrogen-bond acceptors (Lipinski definition) is 6. The second kappa shape index (κ2) is 13.0. The number of hydrogen-bond donors (Lipinski definition) is 2. The molecule has 8 heteroatoms. The van der Waals surface area contributed by atoms with Crippen LogP contribution in [-0.2, 0) is 13.9 Å². The third-order valence-electron chi connectivity index (χ3n) is 3.92. The lowest BCUT2D eigenvalue weighted by Gasteiger charge is -2.20. The van der Waals surface area contributed by atoms with E-state index in [4.69, 9.17) is 4.52 Å². The maximum Gasteiger partial charge on any atom is 0.331 e. The molecule has 0 aromatic carbocycles. The molecule has 0 radical (unpaired) electrons. The first-order valence-corrected chi connectivity index (χ1v) is 12.7. The SMILES string of the molecule is CCOP(=O)(C/C(=C\CCCCCSc1ncccc1O)C(=O)O)CC(C)C. The zero-order chi connectivity index (χ0) is 21.0. The Morgan fingerprint density at radius 3 is 2.71 bits per heavy atom. The quantitative estimate of drug-likeness (QED) is 0.176. The molecule has 0 amide bonds. The van der Waals surface area contributed by atoms with Crippen molar-refractivity contribution < 1.29 is 24.1 Å². The Kier molecular flexibility index (Phi) is 11.5. The number of nitrogens with zero attached hydrogens (tertiary/aromatic N) is 1. The van der Waals surface area contributed by atoms with Crippen molar-refractivity contribution in [2.75, 3.05) is 24.7 Å². The lowest BCUT2D eigenvalue weighted by atomic mass is 10.1. The van der Waals surface area contributed by atoms with Crippen molar-refractivity contribution in [1.82, 2.24) is 4.98 Å². The van der Waals surface area contributed by atoms with Gasteiger partial charge in [-0.2, -0.15) is 0 Å². The normalized spacial score (nSPS) is 14.2. The van der Waals surface area contributed by atoms with E-state index in [-0.39, 0.29) is 23.4 Å². The number of aromatic hydroxyl groups is 1. The van der Waals surface area contributed by atoms with Crippen LogP contribution in [0.5, 0.6) is 5.75 Å². The van der Waals surface area contributed by atoms with Crippen molar-refractivity contribution in [3.05, 3.63) is 30.0 Å². The number of aliphatic carboxylic acids is 1. The Labute approximate surface area is 172 Å². The Balaban J connectivity index is 2.44. The third kappa shape index (κ3) is 9.76. The van der Waals surface area contributed by atoms with Gasteiger partial charge in [-0.3, -0.25) is 4.57 Å². The Morgan fingerprint density at radius 2 is 2.11 bits per heavy atom. The number of carboxylic acid groups (broad SMARTS) is 1. The van der Waals surface area contributed by atoms with E-state index in [9.17, 15) is 19.6 Å². The molecule has 2 N–H and O–H groups in total. The highest BCUT2D eigenvalue weighted by atomic mass is 32.2. The molecule has 158 valence electrons. The summed E-state index contributed by atoms with van der Waals surface area (Å²) < 4.78 is 18.4. The molecule has 1 aromatic heterocycles. The summed E-state index contributed by atoms with van der Waals surface area (Å²) in [7, 11) is -2.97. The molecule has 0 fully saturated rings. The first-order valence-electron chi connectivity index (χ1n) is 9.69. The molecular weight excluding hydrogens is 397 g/mol. The van der Waals surface area contributed by atoms with E-state index in [2.05, 4.69) is 4.98 Å². The van der Waals surface area contributed by atoms with E-state index in [1.165, 1.54) is 11.8 Å². The summed E-state index contributed by atoms with van der Waals surface area (Å²) in [6.07, 6.45) is 7.10. The van der Waals surface area contributed by atoms with Crippen molar-refractivity contribution in [3.8, 4) is 5.75 Å². The number of unbranched alkanes of at least 4 members (excludes halogenated alkanes) is 3. The average Bonchev–Trinajstić information content (AvgIpc) is 2.60. The maximum atomic E-state index is 12.9. The van der Waals surface area contributed by atoms with Crippen molar-refractivity contribution in [3.63, 3.8) is 0 Å². The van der Waals surface area contributed by atoms with Gasteiger partial charge in [0, 0.05) is 17.9 Å². The molecular formula is C20H32NO5PS. The minimum atomic E-state index is -2.97. The van der Waals surface area contributed by atoms with Crippen molar-refractivity contribution in [1.29, 1.82) is 0 Å². The highest BCUT2D eigenvalue weighted by Gasteiger charge is 2.27. The summed E-state index contributed by atoms with van der Waals surface area (Å²) in [5.41, 5.74) is 0.185. The second-order valence-corrected chi connectivity index (χ2v) is 10.7. The molecule has 0 bridgehead atoms.